The Bertz CT molecular complexity index is 474. The van der Waals surface area contributed by atoms with Gasteiger partial charge in [-0.25, -0.2) is 0 Å². The van der Waals surface area contributed by atoms with Crippen molar-refractivity contribution in [3.05, 3.63) is 29.3 Å². The minimum atomic E-state index is -0.993. The molecule has 3 N–H and O–H groups in total. The van der Waals surface area contributed by atoms with Gasteiger partial charge < -0.3 is 20.5 Å². The Balaban J connectivity index is 2.34. The summed E-state index contributed by atoms with van der Waals surface area (Å²) < 4.78 is 5.57. The molecular weight excluding hydrogens is 244 g/mol. The zero-order valence-electron chi connectivity index (χ0n) is 11.3. The topological polar surface area (TPSA) is 75.8 Å². The van der Waals surface area contributed by atoms with Crippen molar-refractivity contribution < 1.29 is 14.6 Å². The van der Waals surface area contributed by atoms with Crippen molar-refractivity contribution in [2.45, 2.75) is 24.9 Å². The molecular formula is C14H20N2O3. The van der Waals surface area contributed by atoms with Crippen LogP contribution in [0.1, 0.15) is 23.6 Å². The van der Waals surface area contributed by atoms with Crippen LogP contribution in [0.15, 0.2) is 18.2 Å². The van der Waals surface area contributed by atoms with Crippen molar-refractivity contribution in [2.75, 3.05) is 20.7 Å². The molecule has 1 heterocycles. The molecule has 0 saturated carbocycles. The van der Waals surface area contributed by atoms with Gasteiger partial charge in [-0.2, -0.15) is 0 Å². The average Bonchev–Trinajstić information content (AvgIpc) is 2.38. The lowest BCUT2D eigenvalue weighted by Gasteiger charge is -2.29. The number of fused-ring (bicyclic) bond motifs is 1. The first-order valence-electron chi connectivity index (χ1n) is 6.41. The number of nitrogens with two attached hydrogens (primary N) is 1. The number of ether oxygens (including phenoxy) is 1. The Morgan fingerprint density at radius 2 is 2.21 bits per heavy atom. The molecule has 0 radical (unpaired) electrons. The fourth-order valence-electron chi connectivity index (χ4n) is 2.53. The molecule has 1 aliphatic heterocycles. The molecule has 0 aliphatic carbocycles. The second kappa shape index (κ2) is 5.59. The van der Waals surface area contributed by atoms with E-state index in [1.807, 2.05) is 37.2 Å². The molecule has 2 atom stereocenters. The standard InChI is InChI=1S/C14H20N2O3/c1-16(2)13(12(15)14(17)18)10-5-6-11-9(8-10)4-3-7-19-11/h5-6,8,12-13H,3-4,7,15H2,1-2H3,(H,17,18). The number of hydrogen-bond donors (Lipinski definition) is 2. The highest BCUT2D eigenvalue weighted by molar-refractivity contribution is 5.74. The number of nitrogens with zero attached hydrogens (tertiary/aromatic N) is 1. The second-order valence-corrected chi connectivity index (χ2v) is 5.09. The van der Waals surface area contributed by atoms with Crippen LogP contribution in [0.25, 0.3) is 0 Å². The molecule has 1 aromatic rings. The molecule has 0 bridgehead atoms. The van der Waals surface area contributed by atoms with Gasteiger partial charge in [0, 0.05) is 0 Å². The fraction of sp³-hybridized carbons (Fsp3) is 0.500. The van der Waals surface area contributed by atoms with E-state index in [0.717, 1.165) is 36.3 Å². The van der Waals surface area contributed by atoms with Crippen molar-refractivity contribution >= 4 is 5.97 Å². The minimum absolute atomic E-state index is 0.343. The van der Waals surface area contributed by atoms with E-state index in [-0.39, 0.29) is 6.04 Å². The van der Waals surface area contributed by atoms with Gasteiger partial charge in [0.15, 0.2) is 0 Å². The lowest BCUT2D eigenvalue weighted by atomic mass is 9.95. The van der Waals surface area contributed by atoms with Crippen molar-refractivity contribution in [3.63, 3.8) is 0 Å². The van der Waals surface area contributed by atoms with Crippen molar-refractivity contribution in [1.29, 1.82) is 0 Å². The lowest BCUT2D eigenvalue weighted by Crippen LogP contribution is -2.43. The zero-order valence-corrected chi connectivity index (χ0v) is 11.3. The first kappa shape index (κ1) is 13.8. The molecule has 5 heteroatoms. The lowest BCUT2D eigenvalue weighted by molar-refractivity contribution is -0.140. The smallest absolute Gasteiger partial charge is 0.322 e. The Morgan fingerprint density at radius 3 is 2.84 bits per heavy atom. The fourth-order valence-corrected chi connectivity index (χ4v) is 2.53. The summed E-state index contributed by atoms with van der Waals surface area (Å²) in [6.45, 7) is 0.748. The van der Waals surface area contributed by atoms with E-state index in [1.54, 1.807) is 0 Å². The normalized spacial score (nSPS) is 17.5. The van der Waals surface area contributed by atoms with Crippen molar-refractivity contribution in [3.8, 4) is 5.75 Å². The van der Waals surface area contributed by atoms with Crippen molar-refractivity contribution in [1.82, 2.24) is 4.90 Å². The Labute approximate surface area is 113 Å². The highest BCUT2D eigenvalue weighted by atomic mass is 16.5. The van der Waals surface area contributed by atoms with Gasteiger partial charge in [0.25, 0.3) is 0 Å². The van der Waals surface area contributed by atoms with Gasteiger partial charge in [-0.05, 0) is 44.1 Å². The number of carboxylic acids is 1. The van der Waals surface area contributed by atoms with Gasteiger partial charge in [0.05, 0.1) is 12.6 Å². The maximum absolute atomic E-state index is 11.1. The van der Waals surface area contributed by atoms with Gasteiger partial charge in [0.1, 0.15) is 11.8 Å². The highest BCUT2D eigenvalue weighted by Gasteiger charge is 2.28. The molecule has 2 unspecified atom stereocenters. The number of hydrogen-bond acceptors (Lipinski definition) is 4. The SMILES string of the molecule is CN(C)C(c1ccc2c(c1)CCCO2)C(N)C(=O)O. The molecule has 0 spiro atoms. The Hall–Kier alpha value is -1.59. The number of aliphatic carboxylic acids is 1. The average molecular weight is 264 g/mol. The Morgan fingerprint density at radius 1 is 1.47 bits per heavy atom. The monoisotopic (exact) mass is 264 g/mol. The van der Waals surface area contributed by atoms with Crippen LogP contribution in [0.5, 0.6) is 5.75 Å². The van der Waals surface area contributed by atoms with Gasteiger partial charge >= 0.3 is 5.97 Å². The van der Waals surface area contributed by atoms with Crippen LogP contribution in [0, 0.1) is 0 Å². The molecule has 19 heavy (non-hydrogen) atoms. The molecule has 104 valence electrons. The number of carboxylic acid groups (broad SMARTS) is 1. The van der Waals surface area contributed by atoms with Crippen LogP contribution < -0.4 is 10.5 Å². The molecule has 0 aromatic heterocycles. The summed E-state index contributed by atoms with van der Waals surface area (Å²) in [4.78, 5) is 13.0. The predicted molar refractivity (Wildman–Crippen MR) is 72.3 cm³/mol. The van der Waals surface area contributed by atoms with Crippen LogP contribution in [0.3, 0.4) is 0 Å². The van der Waals surface area contributed by atoms with Crippen molar-refractivity contribution in [2.24, 2.45) is 5.73 Å². The van der Waals surface area contributed by atoms with E-state index in [4.69, 9.17) is 15.6 Å². The summed E-state index contributed by atoms with van der Waals surface area (Å²) in [5.41, 5.74) is 7.85. The summed E-state index contributed by atoms with van der Waals surface area (Å²) in [5.74, 6) is -0.0935. The first-order valence-corrected chi connectivity index (χ1v) is 6.41. The predicted octanol–water partition coefficient (Wildman–Crippen LogP) is 1.03. The summed E-state index contributed by atoms with van der Waals surface area (Å²) >= 11 is 0. The molecule has 0 amide bonds. The van der Waals surface area contributed by atoms with E-state index >= 15 is 0 Å². The van der Waals surface area contributed by atoms with Gasteiger partial charge in [-0.1, -0.05) is 12.1 Å². The largest absolute Gasteiger partial charge is 0.493 e. The van der Waals surface area contributed by atoms with Gasteiger partial charge in [-0.15, -0.1) is 0 Å². The summed E-state index contributed by atoms with van der Waals surface area (Å²) in [5, 5.41) is 9.12. The van der Waals surface area contributed by atoms with Gasteiger partial charge in [-0.3, -0.25) is 4.79 Å². The first-order chi connectivity index (χ1) is 9.00. The van der Waals surface area contributed by atoms with Crippen LogP contribution in [0.4, 0.5) is 0 Å². The van der Waals surface area contributed by atoms with E-state index in [9.17, 15) is 4.79 Å². The number of rotatable bonds is 4. The molecule has 0 saturated heterocycles. The van der Waals surface area contributed by atoms with E-state index in [1.165, 1.54) is 0 Å². The third kappa shape index (κ3) is 2.88. The molecule has 1 aliphatic rings. The second-order valence-electron chi connectivity index (χ2n) is 5.09. The molecule has 2 rings (SSSR count). The van der Waals surface area contributed by atoms with Gasteiger partial charge in [0.2, 0.25) is 0 Å². The quantitative estimate of drug-likeness (QED) is 0.849. The molecule has 0 fully saturated rings. The third-order valence-electron chi connectivity index (χ3n) is 3.46. The maximum Gasteiger partial charge on any atom is 0.322 e. The van der Waals surface area contributed by atoms with E-state index in [2.05, 4.69) is 0 Å². The number of likely N-dealkylation sites (N-methyl/N-ethyl adjacent to an activating group) is 1. The summed E-state index contributed by atoms with van der Waals surface area (Å²) in [6.07, 6.45) is 1.96. The number of benzene rings is 1. The van der Waals surface area contributed by atoms with Crippen LogP contribution in [0.2, 0.25) is 0 Å². The number of aryl methyl sites for hydroxylation is 1. The molecule has 5 nitrogen and oxygen atoms in total. The third-order valence-corrected chi connectivity index (χ3v) is 3.46. The maximum atomic E-state index is 11.1. The number of carbonyl (C=O) groups is 1. The summed E-state index contributed by atoms with van der Waals surface area (Å²) in [7, 11) is 3.67. The molecule has 1 aromatic carbocycles. The minimum Gasteiger partial charge on any atom is -0.493 e. The Kier molecular flexibility index (Phi) is 4.07. The summed E-state index contributed by atoms with van der Waals surface area (Å²) in [6, 6.07) is 4.54. The van der Waals surface area contributed by atoms with Crippen LogP contribution in [-0.2, 0) is 11.2 Å². The van der Waals surface area contributed by atoms with Crippen LogP contribution >= 0.6 is 0 Å². The zero-order chi connectivity index (χ0) is 14.0. The van der Waals surface area contributed by atoms with Crippen LogP contribution in [-0.4, -0.2) is 42.7 Å². The van der Waals surface area contributed by atoms with E-state index in [0.29, 0.717) is 0 Å². The highest BCUT2D eigenvalue weighted by Crippen LogP contribution is 2.30. The van der Waals surface area contributed by atoms with E-state index < -0.39 is 12.0 Å².